The normalized spacial score (nSPS) is 17.2. The van der Waals surface area contributed by atoms with E-state index in [9.17, 15) is 14.4 Å². The second kappa shape index (κ2) is 10.8. The minimum absolute atomic E-state index is 0.0246. The third-order valence-corrected chi connectivity index (χ3v) is 7.72. The van der Waals surface area contributed by atoms with E-state index in [0.717, 1.165) is 36.3 Å². The van der Waals surface area contributed by atoms with Gasteiger partial charge in [-0.15, -0.1) is 0 Å². The Balaban J connectivity index is 1.28. The van der Waals surface area contributed by atoms with Crippen LogP contribution in [0.25, 0.3) is 10.9 Å². The molecule has 1 aliphatic heterocycles. The first-order valence-corrected chi connectivity index (χ1v) is 13.0. The molecule has 196 valence electrons. The molecule has 2 aliphatic rings. The van der Waals surface area contributed by atoms with Crippen LogP contribution in [0.3, 0.4) is 0 Å². The van der Waals surface area contributed by atoms with E-state index in [1.807, 2.05) is 4.90 Å². The van der Waals surface area contributed by atoms with Crippen molar-refractivity contribution >= 4 is 16.8 Å². The molecule has 9 heteroatoms. The number of hydrogen-bond donors (Lipinski definition) is 1. The zero-order valence-corrected chi connectivity index (χ0v) is 21.5. The van der Waals surface area contributed by atoms with Crippen LogP contribution in [0.15, 0.2) is 46.0 Å². The highest BCUT2D eigenvalue weighted by molar-refractivity contribution is 5.94. The number of hydrogen-bond acceptors (Lipinski definition) is 6. The average Bonchev–Trinajstić information content (AvgIpc) is 2.95. The number of piperazine rings is 1. The van der Waals surface area contributed by atoms with Crippen molar-refractivity contribution in [1.29, 1.82) is 0 Å². The summed E-state index contributed by atoms with van der Waals surface area (Å²) in [5.41, 5.74) is 0.822. The van der Waals surface area contributed by atoms with E-state index in [-0.39, 0.29) is 12.5 Å². The van der Waals surface area contributed by atoms with Crippen LogP contribution in [0, 0.1) is 0 Å². The van der Waals surface area contributed by atoms with Crippen molar-refractivity contribution in [2.45, 2.75) is 44.7 Å². The molecule has 1 saturated heterocycles. The fourth-order valence-electron chi connectivity index (χ4n) is 5.58. The quantitative estimate of drug-likeness (QED) is 0.552. The van der Waals surface area contributed by atoms with E-state index >= 15 is 0 Å². The number of amides is 1. The Hall–Kier alpha value is -3.59. The first-order valence-electron chi connectivity index (χ1n) is 13.0. The van der Waals surface area contributed by atoms with Gasteiger partial charge in [0.25, 0.3) is 11.5 Å². The van der Waals surface area contributed by atoms with E-state index in [4.69, 9.17) is 9.47 Å². The van der Waals surface area contributed by atoms with Gasteiger partial charge in [0.1, 0.15) is 0 Å². The Morgan fingerprint density at radius 2 is 1.57 bits per heavy atom. The topological polar surface area (TPSA) is 96.9 Å². The van der Waals surface area contributed by atoms with Gasteiger partial charge >= 0.3 is 5.69 Å². The number of methoxy groups -OCH3 is 2. The monoisotopic (exact) mass is 506 g/mol. The lowest BCUT2D eigenvalue weighted by atomic mass is 9.94. The van der Waals surface area contributed by atoms with E-state index in [2.05, 4.69) is 9.88 Å². The van der Waals surface area contributed by atoms with Crippen LogP contribution in [0.1, 0.15) is 48.0 Å². The largest absolute Gasteiger partial charge is 0.493 e. The highest BCUT2D eigenvalue weighted by Gasteiger charge is 2.27. The number of aromatic amines is 1. The van der Waals surface area contributed by atoms with Crippen LogP contribution in [0.5, 0.6) is 11.5 Å². The van der Waals surface area contributed by atoms with Crippen molar-refractivity contribution in [1.82, 2.24) is 19.4 Å². The summed E-state index contributed by atoms with van der Waals surface area (Å²) in [4.78, 5) is 46.2. The highest BCUT2D eigenvalue weighted by atomic mass is 16.5. The van der Waals surface area contributed by atoms with Crippen LogP contribution < -0.4 is 20.7 Å². The van der Waals surface area contributed by atoms with Crippen molar-refractivity contribution in [3.63, 3.8) is 0 Å². The van der Waals surface area contributed by atoms with Gasteiger partial charge in [0, 0.05) is 43.9 Å². The molecule has 37 heavy (non-hydrogen) atoms. The van der Waals surface area contributed by atoms with E-state index < -0.39 is 11.2 Å². The summed E-state index contributed by atoms with van der Waals surface area (Å²) in [6, 6.07) is 11.0. The molecule has 2 fully saturated rings. The lowest BCUT2D eigenvalue weighted by Crippen LogP contribution is -2.52. The molecule has 3 aromatic rings. The molecule has 1 aliphatic carbocycles. The minimum atomic E-state index is -0.513. The maximum atomic E-state index is 13.1. The summed E-state index contributed by atoms with van der Waals surface area (Å²) < 4.78 is 11.7. The Bertz CT molecular complexity index is 1380. The Morgan fingerprint density at radius 1 is 0.919 bits per heavy atom. The average molecular weight is 507 g/mol. The lowest BCUT2D eigenvalue weighted by Gasteiger charge is -2.40. The minimum Gasteiger partial charge on any atom is -0.493 e. The molecule has 0 atom stereocenters. The second-order valence-electron chi connectivity index (χ2n) is 9.89. The number of nitrogens with zero attached hydrogens (tertiary/aromatic N) is 3. The Kier molecular flexibility index (Phi) is 7.32. The molecule has 0 spiro atoms. The predicted molar refractivity (Wildman–Crippen MR) is 142 cm³/mol. The van der Waals surface area contributed by atoms with E-state index in [1.54, 1.807) is 36.4 Å². The third-order valence-electron chi connectivity index (χ3n) is 7.72. The summed E-state index contributed by atoms with van der Waals surface area (Å²) in [5.74, 6) is 0.864. The molecular formula is C28H34N4O5. The van der Waals surface area contributed by atoms with Crippen LogP contribution in [-0.2, 0) is 6.54 Å². The summed E-state index contributed by atoms with van der Waals surface area (Å²) in [6.45, 7) is 3.44. The summed E-state index contributed by atoms with van der Waals surface area (Å²) in [7, 11) is 2.99. The third kappa shape index (κ3) is 5.13. The number of aromatic nitrogens is 2. The highest BCUT2D eigenvalue weighted by Crippen LogP contribution is 2.29. The van der Waals surface area contributed by atoms with Gasteiger partial charge in [0.05, 0.1) is 31.7 Å². The maximum absolute atomic E-state index is 13.1. The molecule has 1 amide bonds. The molecule has 1 N–H and O–H groups in total. The van der Waals surface area contributed by atoms with Crippen LogP contribution in [0.4, 0.5) is 0 Å². The molecule has 1 aromatic heterocycles. The number of rotatable bonds is 6. The fraction of sp³-hybridized carbons (Fsp3) is 0.464. The first-order chi connectivity index (χ1) is 18.0. The number of fused-ring (bicyclic) bond motifs is 1. The van der Waals surface area contributed by atoms with Crippen molar-refractivity contribution < 1.29 is 14.3 Å². The van der Waals surface area contributed by atoms with Crippen molar-refractivity contribution in [2.24, 2.45) is 0 Å². The van der Waals surface area contributed by atoms with Crippen molar-refractivity contribution in [3.05, 3.63) is 68.4 Å². The van der Waals surface area contributed by atoms with E-state index in [0.29, 0.717) is 34.0 Å². The SMILES string of the molecule is COc1cc2[nH]c(=O)n(Cc3ccc(C(=O)N4CCN(C5CCCCC5)CC4)cc3)c(=O)c2cc1OC. The van der Waals surface area contributed by atoms with Crippen molar-refractivity contribution in [2.75, 3.05) is 40.4 Å². The smallest absolute Gasteiger partial charge is 0.329 e. The molecule has 2 heterocycles. The van der Waals surface area contributed by atoms with Crippen LogP contribution in [0.2, 0.25) is 0 Å². The van der Waals surface area contributed by atoms with Crippen molar-refractivity contribution in [3.8, 4) is 11.5 Å². The molecule has 2 aromatic carbocycles. The van der Waals surface area contributed by atoms with Gasteiger partial charge in [0.15, 0.2) is 11.5 Å². The van der Waals surface area contributed by atoms with E-state index in [1.165, 1.54) is 46.3 Å². The maximum Gasteiger partial charge on any atom is 0.329 e. The van der Waals surface area contributed by atoms with Gasteiger partial charge in [-0.05, 0) is 36.6 Å². The number of H-pyrrole nitrogens is 1. The molecule has 9 nitrogen and oxygen atoms in total. The molecule has 0 unspecified atom stereocenters. The first kappa shape index (κ1) is 25.1. The number of nitrogens with one attached hydrogen (secondary N) is 1. The lowest BCUT2D eigenvalue weighted by molar-refractivity contribution is 0.0523. The second-order valence-corrected chi connectivity index (χ2v) is 9.89. The molecule has 5 rings (SSSR count). The number of ether oxygens (including phenoxy) is 2. The molecule has 0 bridgehead atoms. The summed E-state index contributed by atoms with van der Waals surface area (Å²) >= 11 is 0. The zero-order valence-electron chi connectivity index (χ0n) is 21.5. The van der Waals surface area contributed by atoms with Gasteiger partial charge in [-0.1, -0.05) is 31.4 Å². The Labute approximate surface area is 215 Å². The molecule has 1 saturated carbocycles. The summed E-state index contributed by atoms with van der Waals surface area (Å²) in [5, 5.41) is 0.330. The van der Waals surface area contributed by atoms with Gasteiger partial charge in [0.2, 0.25) is 0 Å². The van der Waals surface area contributed by atoms with Crippen LogP contribution >= 0.6 is 0 Å². The molecular weight excluding hydrogens is 472 g/mol. The van der Waals surface area contributed by atoms with Gasteiger partial charge in [-0.3, -0.25) is 19.1 Å². The number of carbonyl (C=O) groups excluding carboxylic acids is 1. The predicted octanol–water partition coefficient (Wildman–Crippen LogP) is 2.85. The van der Waals surface area contributed by atoms with Gasteiger partial charge < -0.3 is 19.4 Å². The van der Waals surface area contributed by atoms with Gasteiger partial charge in [-0.2, -0.15) is 0 Å². The standard InChI is InChI=1S/C28H34N4O5/c1-36-24-16-22-23(17-25(24)37-2)29-28(35)32(27(22)34)18-19-8-10-20(11-9-19)26(33)31-14-12-30(13-15-31)21-6-4-3-5-7-21/h8-11,16-17,21H,3-7,12-15,18H2,1-2H3,(H,29,35). The Morgan fingerprint density at radius 3 is 2.22 bits per heavy atom. The summed E-state index contributed by atoms with van der Waals surface area (Å²) in [6.07, 6.45) is 6.53. The number of benzene rings is 2. The fourth-order valence-corrected chi connectivity index (χ4v) is 5.58. The van der Waals surface area contributed by atoms with Crippen LogP contribution in [-0.4, -0.2) is 71.7 Å². The van der Waals surface area contributed by atoms with Gasteiger partial charge in [-0.25, -0.2) is 4.79 Å². The molecule has 0 radical (unpaired) electrons. The number of carbonyl (C=O) groups is 1. The zero-order chi connectivity index (χ0) is 25.9.